The molecule has 2 aromatic carbocycles. The molecule has 0 aliphatic carbocycles. The van der Waals surface area contributed by atoms with Crippen molar-refractivity contribution >= 4 is 5.82 Å². The highest BCUT2D eigenvalue weighted by atomic mass is 16.5. The maximum atomic E-state index is 9.48. The first kappa shape index (κ1) is 17.0. The number of benzene rings is 2. The highest BCUT2D eigenvalue weighted by Gasteiger charge is 2.13. The van der Waals surface area contributed by atoms with Gasteiger partial charge in [-0.25, -0.2) is 4.98 Å². The van der Waals surface area contributed by atoms with E-state index in [9.17, 15) is 5.26 Å². The van der Waals surface area contributed by atoms with Crippen LogP contribution in [0, 0.1) is 22.7 Å². The number of hydrogen-bond acceptors (Lipinski definition) is 5. The van der Waals surface area contributed by atoms with Crippen LogP contribution in [0.15, 0.2) is 54.6 Å². The maximum absolute atomic E-state index is 9.48. The molecule has 0 unspecified atom stereocenters. The molecular weight excluding hydrogens is 324 g/mol. The van der Waals surface area contributed by atoms with E-state index in [0.29, 0.717) is 29.0 Å². The van der Waals surface area contributed by atoms with Gasteiger partial charge >= 0.3 is 0 Å². The zero-order valence-electron chi connectivity index (χ0n) is 14.2. The molecule has 0 spiro atoms. The molecule has 0 radical (unpaired) electrons. The van der Waals surface area contributed by atoms with E-state index in [2.05, 4.69) is 17.1 Å². The number of rotatable bonds is 4. The summed E-state index contributed by atoms with van der Waals surface area (Å²) in [6.07, 6.45) is 0. The average molecular weight is 340 g/mol. The van der Waals surface area contributed by atoms with Crippen molar-refractivity contribution in [1.82, 2.24) is 4.98 Å². The topological polar surface area (TPSA) is 95.7 Å². The summed E-state index contributed by atoms with van der Waals surface area (Å²) >= 11 is 0. The number of nitrogen functional groups attached to an aromatic ring is 1. The number of ether oxygens (including phenoxy) is 1. The predicted octanol–water partition coefficient (Wildman–Crippen LogP) is 4.14. The van der Waals surface area contributed by atoms with Crippen molar-refractivity contribution in [3.63, 3.8) is 0 Å². The van der Waals surface area contributed by atoms with E-state index >= 15 is 0 Å². The molecule has 1 aromatic heterocycles. The molecule has 26 heavy (non-hydrogen) atoms. The van der Waals surface area contributed by atoms with E-state index in [1.807, 2.05) is 37.3 Å². The van der Waals surface area contributed by atoms with Crippen LogP contribution >= 0.6 is 0 Å². The number of anilines is 1. The largest absolute Gasteiger partial charge is 0.494 e. The molecule has 0 bridgehead atoms. The minimum absolute atomic E-state index is 0.179. The lowest BCUT2D eigenvalue weighted by Crippen LogP contribution is -2.00. The Hall–Kier alpha value is -3.83. The van der Waals surface area contributed by atoms with Gasteiger partial charge in [0.2, 0.25) is 0 Å². The lowest BCUT2D eigenvalue weighted by Gasteiger charge is -2.11. The molecule has 126 valence electrons. The van der Waals surface area contributed by atoms with E-state index in [-0.39, 0.29) is 5.82 Å². The zero-order chi connectivity index (χ0) is 18.5. The summed E-state index contributed by atoms with van der Waals surface area (Å²) < 4.78 is 5.46. The number of aromatic nitrogens is 1. The van der Waals surface area contributed by atoms with Crippen molar-refractivity contribution in [3.05, 3.63) is 65.7 Å². The fraction of sp³-hybridized carbons (Fsp3) is 0.0952. The van der Waals surface area contributed by atoms with Gasteiger partial charge in [0, 0.05) is 11.1 Å². The number of nitrogens with zero attached hydrogens (tertiary/aromatic N) is 3. The second-order valence-corrected chi connectivity index (χ2v) is 5.57. The Labute approximate surface area is 151 Å². The van der Waals surface area contributed by atoms with Gasteiger partial charge in [0.05, 0.1) is 23.9 Å². The van der Waals surface area contributed by atoms with E-state index in [0.717, 1.165) is 16.9 Å². The number of nitrogens with two attached hydrogens (primary N) is 1. The summed E-state index contributed by atoms with van der Waals surface area (Å²) in [5, 5.41) is 18.4. The van der Waals surface area contributed by atoms with Crippen LogP contribution in [-0.4, -0.2) is 11.6 Å². The molecule has 5 heteroatoms. The molecular formula is C21H16N4O. The van der Waals surface area contributed by atoms with Gasteiger partial charge in [-0.15, -0.1) is 0 Å². The van der Waals surface area contributed by atoms with Crippen LogP contribution in [0.4, 0.5) is 5.82 Å². The van der Waals surface area contributed by atoms with E-state index in [1.54, 1.807) is 24.3 Å². The van der Waals surface area contributed by atoms with Crippen LogP contribution in [0.5, 0.6) is 5.75 Å². The van der Waals surface area contributed by atoms with Gasteiger partial charge in [-0.2, -0.15) is 10.5 Å². The fourth-order valence-electron chi connectivity index (χ4n) is 2.67. The summed E-state index contributed by atoms with van der Waals surface area (Å²) in [7, 11) is 0. The van der Waals surface area contributed by atoms with Crippen molar-refractivity contribution in [2.24, 2.45) is 0 Å². The van der Waals surface area contributed by atoms with Crippen molar-refractivity contribution in [1.29, 1.82) is 10.5 Å². The standard InChI is InChI=1S/C21H16N4O/c1-2-26-17-9-7-16(8-10-17)20-11-18(19(13-23)21(24)25-20)15-5-3-14(12-22)4-6-15/h3-11H,2H2,1H3,(H2,24,25). The third-order valence-electron chi connectivity index (χ3n) is 3.95. The van der Waals surface area contributed by atoms with Crippen LogP contribution in [0.25, 0.3) is 22.4 Å². The third kappa shape index (κ3) is 3.33. The third-order valence-corrected chi connectivity index (χ3v) is 3.95. The smallest absolute Gasteiger partial charge is 0.142 e. The van der Waals surface area contributed by atoms with E-state index in [4.69, 9.17) is 15.7 Å². The van der Waals surface area contributed by atoms with Gasteiger partial charge in [0.15, 0.2) is 0 Å². The van der Waals surface area contributed by atoms with Gasteiger partial charge in [-0.05, 0) is 55.0 Å². The number of hydrogen-bond donors (Lipinski definition) is 1. The molecule has 5 nitrogen and oxygen atoms in total. The quantitative estimate of drug-likeness (QED) is 0.770. The Morgan fingerprint density at radius 1 is 0.962 bits per heavy atom. The van der Waals surface area contributed by atoms with Gasteiger partial charge < -0.3 is 10.5 Å². The van der Waals surface area contributed by atoms with E-state index < -0.39 is 0 Å². The van der Waals surface area contributed by atoms with Crippen LogP contribution < -0.4 is 10.5 Å². The lowest BCUT2D eigenvalue weighted by atomic mass is 9.97. The normalized spacial score (nSPS) is 9.96. The Balaban J connectivity index is 2.09. The molecule has 0 fully saturated rings. The Morgan fingerprint density at radius 2 is 1.62 bits per heavy atom. The summed E-state index contributed by atoms with van der Waals surface area (Å²) in [6, 6.07) is 20.6. The first-order valence-corrected chi connectivity index (χ1v) is 8.10. The summed E-state index contributed by atoms with van der Waals surface area (Å²) in [4.78, 5) is 4.37. The molecule has 0 saturated heterocycles. The Bertz CT molecular complexity index is 1010. The molecule has 3 aromatic rings. The molecule has 2 N–H and O–H groups in total. The van der Waals surface area contributed by atoms with Gasteiger partial charge in [0.1, 0.15) is 23.2 Å². The van der Waals surface area contributed by atoms with Crippen LogP contribution in [0.1, 0.15) is 18.1 Å². The minimum Gasteiger partial charge on any atom is -0.494 e. The van der Waals surface area contributed by atoms with Gasteiger partial charge in [0.25, 0.3) is 0 Å². The van der Waals surface area contributed by atoms with E-state index in [1.165, 1.54) is 0 Å². The predicted molar refractivity (Wildman–Crippen MR) is 100 cm³/mol. The molecule has 1 heterocycles. The van der Waals surface area contributed by atoms with Crippen molar-refractivity contribution < 1.29 is 4.74 Å². The first-order valence-electron chi connectivity index (χ1n) is 8.10. The highest BCUT2D eigenvalue weighted by Crippen LogP contribution is 2.31. The SMILES string of the molecule is CCOc1ccc(-c2cc(-c3ccc(C#N)cc3)c(C#N)c(N)n2)cc1. The van der Waals surface area contributed by atoms with Crippen molar-refractivity contribution in [2.45, 2.75) is 6.92 Å². The fourth-order valence-corrected chi connectivity index (χ4v) is 2.67. The second kappa shape index (κ2) is 7.38. The first-order chi connectivity index (χ1) is 12.7. The lowest BCUT2D eigenvalue weighted by molar-refractivity contribution is 0.340. The molecule has 0 aliphatic heterocycles. The zero-order valence-corrected chi connectivity index (χ0v) is 14.2. The van der Waals surface area contributed by atoms with Crippen molar-refractivity contribution in [2.75, 3.05) is 12.3 Å². The summed E-state index contributed by atoms with van der Waals surface area (Å²) in [5.41, 5.74) is 9.95. The van der Waals surface area contributed by atoms with Crippen LogP contribution in [0.2, 0.25) is 0 Å². The number of pyridine rings is 1. The Kier molecular flexibility index (Phi) is 4.83. The average Bonchev–Trinajstić information content (AvgIpc) is 2.68. The van der Waals surface area contributed by atoms with Gasteiger partial charge in [-0.3, -0.25) is 0 Å². The molecule has 0 atom stereocenters. The molecule has 0 amide bonds. The minimum atomic E-state index is 0.179. The van der Waals surface area contributed by atoms with Crippen LogP contribution in [-0.2, 0) is 0 Å². The monoisotopic (exact) mass is 340 g/mol. The maximum Gasteiger partial charge on any atom is 0.142 e. The molecule has 0 saturated carbocycles. The van der Waals surface area contributed by atoms with Gasteiger partial charge in [-0.1, -0.05) is 12.1 Å². The summed E-state index contributed by atoms with van der Waals surface area (Å²) in [5.74, 6) is 0.962. The summed E-state index contributed by atoms with van der Waals surface area (Å²) in [6.45, 7) is 2.53. The van der Waals surface area contributed by atoms with Crippen molar-refractivity contribution in [3.8, 4) is 40.3 Å². The molecule has 3 rings (SSSR count). The highest BCUT2D eigenvalue weighted by molar-refractivity contribution is 5.80. The second-order valence-electron chi connectivity index (χ2n) is 5.57. The van der Waals surface area contributed by atoms with Crippen LogP contribution in [0.3, 0.4) is 0 Å². The Morgan fingerprint density at radius 3 is 2.19 bits per heavy atom. The molecule has 0 aliphatic rings. The number of nitriles is 2.